The van der Waals surface area contributed by atoms with Crippen LogP contribution in [0.2, 0.25) is 5.02 Å². The smallest absolute Gasteiger partial charge is 0.280 e. The van der Waals surface area contributed by atoms with E-state index in [2.05, 4.69) is 4.98 Å². The lowest BCUT2D eigenvalue weighted by Gasteiger charge is -2.05. The number of nitrogen functional groups attached to an aromatic ring is 1. The first-order valence-corrected chi connectivity index (χ1v) is 3.61. The normalized spacial score (nSPS) is 10.8. The summed E-state index contributed by atoms with van der Waals surface area (Å²) in [5.74, 6) is -0.0578. The molecular weight excluding hydrogens is 186 g/mol. The van der Waals surface area contributed by atoms with Crippen molar-refractivity contribution < 1.29 is 8.78 Å². The van der Waals surface area contributed by atoms with Crippen molar-refractivity contribution in [1.82, 2.24) is 4.98 Å². The number of nitrogens with zero attached hydrogens (tertiary/aromatic N) is 1. The molecule has 2 nitrogen and oxygen atoms in total. The van der Waals surface area contributed by atoms with Gasteiger partial charge in [0, 0.05) is 0 Å². The van der Waals surface area contributed by atoms with E-state index in [9.17, 15) is 8.78 Å². The second-order valence-electron chi connectivity index (χ2n) is 2.36. The number of hydrogen-bond donors (Lipinski definition) is 1. The zero-order valence-electron chi connectivity index (χ0n) is 6.31. The first-order chi connectivity index (χ1) is 5.52. The molecule has 1 aromatic rings. The minimum atomic E-state index is -2.61. The monoisotopic (exact) mass is 192 g/mol. The number of aryl methyl sites for hydroxylation is 1. The molecule has 1 rings (SSSR count). The van der Waals surface area contributed by atoms with Crippen LogP contribution in [0.25, 0.3) is 0 Å². The lowest BCUT2D eigenvalue weighted by Crippen LogP contribution is -1.99. The Bertz CT molecular complexity index is 302. The van der Waals surface area contributed by atoms with Crippen LogP contribution < -0.4 is 5.73 Å². The van der Waals surface area contributed by atoms with Crippen molar-refractivity contribution in [3.63, 3.8) is 0 Å². The van der Waals surface area contributed by atoms with Gasteiger partial charge in [0.2, 0.25) is 0 Å². The molecule has 0 spiro atoms. The van der Waals surface area contributed by atoms with Gasteiger partial charge in [0.05, 0.1) is 5.02 Å². The number of alkyl halides is 2. The zero-order chi connectivity index (χ0) is 9.30. The van der Waals surface area contributed by atoms with Crippen LogP contribution in [0.15, 0.2) is 6.07 Å². The van der Waals surface area contributed by atoms with Gasteiger partial charge in [0.15, 0.2) is 0 Å². The first kappa shape index (κ1) is 9.19. The van der Waals surface area contributed by atoms with Crippen LogP contribution in [-0.2, 0) is 0 Å². The average molecular weight is 193 g/mol. The van der Waals surface area contributed by atoms with Crippen LogP contribution in [-0.4, -0.2) is 4.98 Å². The molecular formula is C7H7ClF2N2. The van der Waals surface area contributed by atoms with Crippen molar-refractivity contribution in [1.29, 1.82) is 0 Å². The molecule has 0 aliphatic carbocycles. The molecule has 0 saturated carbocycles. The molecule has 0 atom stereocenters. The van der Waals surface area contributed by atoms with E-state index in [-0.39, 0.29) is 16.5 Å². The maximum atomic E-state index is 12.2. The van der Waals surface area contributed by atoms with Crippen molar-refractivity contribution in [2.45, 2.75) is 13.3 Å². The van der Waals surface area contributed by atoms with Gasteiger partial charge in [-0.25, -0.2) is 13.8 Å². The van der Waals surface area contributed by atoms with Gasteiger partial charge in [-0.1, -0.05) is 11.6 Å². The number of aromatic nitrogens is 1. The summed E-state index contributed by atoms with van der Waals surface area (Å²) < 4.78 is 24.4. The number of nitrogens with two attached hydrogens (primary N) is 1. The number of halogens is 3. The summed E-state index contributed by atoms with van der Waals surface area (Å²) >= 11 is 5.56. The van der Waals surface area contributed by atoms with E-state index in [1.807, 2.05) is 0 Å². The number of hydrogen-bond acceptors (Lipinski definition) is 2. The molecule has 0 aromatic carbocycles. The molecule has 0 radical (unpaired) electrons. The molecule has 2 N–H and O–H groups in total. The molecule has 1 heterocycles. The first-order valence-electron chi connectivity index (χ1n) is 3.23. The van der Waals surface area contributed by atoms with E-state index >= 15 is 0 Å². The van der Waals surface area contributed by atoms with Crippen molar-refractivity contribution >= 4 is 17.4 Å². The van der Waals surface area contributed by atoms with E-state index in [0.717, 1.165) is 0 Å². The molecule has 0 saturated heterocycles. The Morgan fingerprint density at radius 3 is 2.67 bits per heavy atom. The van der Waals surface area contributed by atoms with Gasteiger partial charge in [0.25, 0.3) is 6.43 Å². The Hall–Kier alpha value is -0.900. The topological polar surface area (TPSA) is 38.9 Å². The van der Waals surface area contributed by atoms with Gasteiger partial charge in [-0.3, -0.25) is 0 Å². The Morgan fingerprint density at radius 2 is 2.17 bits per heavy atom. The van der Waals surface area contributed by atoms with Crippen LogP contribution in [0, 0.1) is 6.92 Å². The van der Waals surface area contributed by atoms with Gasteiger partial charge in [-0.2, -0.15) is 0 Å². The van der Waals surface area contributed by atoms with Crippen LogP contribution in [0.1, 0.15) is 17.7 Å². The van der Waals surface area contributed by atoms with E-state index in [1.165, 1.54) is 13.0 Å². The highest BCUT2D eigenvalue weighted by atomic mass is 35.5. The second kappa shape index (κ2) is 3.23. The summed E-state index contributed by atoms with van der Waals surface area (Å²) in [6.45, 7) is 1.51. The lowest BCUT2D eigenvalue weighted by atomic mass is 10.2. The zero-order valence-corrected chi connectivity index (χ0v) is 7.07. The fourth-order valence-electron chi connectivity index (χ4n) is 0.830. The fraction of sp³-hybridized carbons (Fsp3) is 0.286. The Morgan fingerprint density at radius 1 is 1.58 bits per heavy atom. The van der Waals surface area contributed by atoms with Gasteiger partial charge >= 0.3 is 0 Å². The summed E-state index contributed by atoms with van der Waals surface area (Å²) in [6.07, 6.45) is -2.61. The molecule has 1 aromatic heterocycles. The maximum Gasteiger partial charge on any atom is 0.280 e. The van der Waals surface area contributed by atoms with Gasteiger partial charge in [0.1, 0.15) is 11.5 Å². The third-order valence-electron chi connectivity index (χ3n) is 1.44. The van der Waals surface area contributed by atoms with Crippen LogP contribution in [0.4, 0.5) is 14.6 Å². The van der Waals surface area contributed by atoms with Crippen LogP contribution in [0.5, 0.6) is 0 Å². The highest BCUT2D eigenvalue weighted by Gasteiger charge is 2.14. The highest BCUT2D eigenvalue weighted by molar-refractivity contribution is 6.32. The summed E-state index contributed by atoms with van der Waals surface area (Å²) in [6, 6.07) is 1.38. The average Bonchev–Trinajstić information content (AvgIpc) is 1.96. The number of anilines is 1. The number of pyridine rings is 1. The van der Waals surface area contributed by atoms with Crippen LogP contribution >= 0.6 is 11.6 Å². The fourth-order valence-corrected chi connectivity index (χ4v) is 1.04. The number of rotatable bonds is 1. The van der Waals surface area contributed by atoms with Crippen molar-refractivity contribution in [3.05, 3.63) is 22.3 Å². The Balaban J connectivity index is 3.23. The third-order valence-corrected chi connectivity index (χ3v) is 1.74. The molecule has 5 heteroatoms. The van der Waals surface area contributed by atoms with E-state index in [1.54, 1.807) is 0 Å². The van der Waals surface area contributed by atoms with Gasteiger partial charge in [-0.15, -0.1) is 0 Å². The second-order valence-corrected chi connectivity index (χ2v) is 2.77. The standard InChI is InChI=1S/C7H7ClF2N2/c1-3-2-4(8)7(11)12-5(3)6(9)10/h2,6H,1H3,(H2,11,12). The SMILES string of the molecule is Cc1cc(Cl)c(N)nc1C(F)F. The summed E-state index contributed by atoms with van der Waals surface area (Å²) in [5.41, 5.74) is 5.29. The Kier molecular flexibility index (Phi) is 2.47. The quantitative estimate of drug-likeness (QED) is 0.743. The molecule has 0 unspecified atom stereocenters. The highest BCUT2D eigenvalue weighted by Crippen LogP contribution is 2.25. The van der Waals surface area contributed by atoms with Crippen molar-refractivity contribution in [2.24, 2.45) is 0 Å². The van der Waals surface area contributed by atoms with Gasteiger partial charge in [-0.05, 0) is 18.6 Å². The van der Waals surface area contributed by atoms with E-state index < -0.39 is 6.43 Å². The maximum absolute atomic E-state index is 12.2. The van der Waals surface area contributed by atoms with Crippen molar-refractivity contribution in [3.8, 4) is 0 Å². The molecule has 0 fully saturated rings. The predicted octanol–water partition coefficient (Wildman–Crippen LogP) is 2.56. The molecule has 0 amide bonds. The molecule has 12 heavy (non-hydrogen) atoms. The van der Waals surface area contributed by atoms with E-state index in [4.69, 9.17) is 17.3 Å². The summed E-state index contributed by atoms with van der Waals surface area (Å²) in [4.78, 5) is 3.47. The molecule has 0 aliphatic heterocycles. The molecule has 0 bridgehead atoms. The third kappa shape index (κ3) is 1.64. The van der Waals surface area contributed by atoms with E-state index in [0.29, 0.717) is 5.56 Å². The summed E-state index contributed by atoms with van der Waals surface area (Å²) in [5, 5.41) is 0.205. The predicted molar refractivity (Wildman–Crippen MR) is 43.4 cm³/mol. The van der Waals surface area contributed by atoms with Crippen molar-refractivity contribution in [2.75, 3.05) is 5.73 Å². The van der Waals surface area contributed by atoms with Crippen LogP contribution in [0.3, 0.4) is 0 Å². The van der Waals surface area contributed by atoms with Gasteiger partial charge < -0.3 is 5.73 Å². The summed E-state index contributed by atoms with van der Waals surface area (Å²) in [7, 11) is 0. The lowest BCUT2D eigenvalue weighted by molar-refractivity contribution is 0.145. The Labute approximate surface area is 73.4 Å². The minimum absolute atomic E-state index is 0.0578. The minimum Gasteiger partial charge on any atom is -0.382 e. The largest absolute Gasteiger partial charge is 0.382 e. The molecule has 66 valence electrons. The molecule has 0 aliphatic rings.